The fourth-order valence-electron chi connectivity index (χ4n) is 2.54. The molecule has 0 unspecified atom stereocenters. The number of carbonyl (C=O) groups is 2. The Morgan fingerprint density at radius 3 is 1.42 bits per heavy atom. The van der Waals surface area contributed by atoms with E-state index in [4.69, 9.17) is 20.9 Å². The van der Waals surface area contributed by atoms with Gasteiger partial charge in [-0.25, -0.2) is 9.59 Å². The lowest BCUT2D eigenvalue weighted by molar-refractivity contribution is 0.00444. The Kier molecular flexibility index (Phi) is 7.26. The molecule has 0 saturated carbocycles. The molecule has 4 N–H and O–H groups in total. The highest BCUT2D eigenvalue weighted by Gasteiger charge is 2.35. The smallest absolute Gasteiger partial charge is 0.404 e. The van der Waals surface area contributed by atoms with Gasteiger partial charge in [0.15, 0.2) is 0 Å². The normalized spacial score (nSPS) is 11.7. The topological polar surface area (TPSA) is 105 Å². The number of primary amides is 2. The van der Waals surface area contributed by atoms with Crippen LogP contribution in [0.1, 0.15) is 40.5 Å². The summed E-state index contributed by atoms with van der Waals surface area (Å²) in [5.74, 6) is 0.735. The zero-order valence-corrected chi connectivity index (χ0v) is 12.3. The molecule has 0 fully saturated rings. The van der Waals surface area contributed by atoms with E-state index in [0.717, 1.165) is 12.8 Å². The van der Waals surface area contributed by atoms with Crippen LogP contribution in [0, 0.1) is 17.3 Å². The van der Waals surface area contributed by atoms with Gasteiger partial charge in [-0.3, -0.25) is 0 Å². The molecule has 0 rings (SSSR count). The molecular formula is C13H26N2O4. The van der Waals surface area contributed by atoms with Gasteiger partial charge in [-0.1, -0.05) is 27.7 Å². The van der Waals surface area contributed by atoms with Crippen molar-refractivity contribution in [3.8, 4) is 0 Å². The average molecular weight is 274 g/mol. The van der Waals surface area contributed by atoms with Crippen LogP contribution in [-0.2, 0) is 9.47 Å². The molecule has 0 saturated heterocycles. The first-order chi connectivity index (χ1) is 8.67. The van der Waals surface area contributed by atoms with Crippen LogP contribution in [0.2, 0.25) is 0 Å². The minimum atomic E-state index is -0.823. The van der Waals surface area contributed by atoms with Crippen LogP contribution in [0.3, 0.4) is 0 Å². The van der Waals surface area contributed by atoms with Crippen LogP contribution < -0.4 is 11.5 Å². The number of hydrogen-bond acceptors (Lipinski definition) is 4. The van der Waals surface area contributed by atoms with E-state index < -0.39 is 17.6 Å². The third-order valence-corrected chi connectivity index (χ3v) is 2.72. The molecule has 6 heteroatoms. The molecule has 0 radical (unpaired) electrons. The summed E-state index contributed by atoms with van der Waals surface area (Å²) in [4.78, 5) is 21.6. The second kappa shape index (κ2) is 7.86. The van der Waals surface area contributed by atoms with Gasteiger partial charge in [0.2, 0.25) is 0 Å². The lowest BCUT2D eigenvalue weighted by Gasteiger charge is -2.35. The molecule has 0 spiro atoms. The van der Waals surface area contributed by atoms with Gasteiger partial charge < -0.3 is 20.9 Å². The number of ether oxygens (including phenoxy) is 2. The van der Waals surface area contributed by atoms with Gasteiger partial charge in [-0.15, -0.1) is 0 Å². The average Bonchev–Trinajstić information content (AvgIpc) is 2.22. The van der Waals surface area contributed by atoms with Gasteiger partial charge in [0, 0.05) is 5.41 Å². The number of nitrogens with two attached hydrogens (primary N) is 2. The van der Waals surface area contributed by atoms with Gasteiger partial charge in [0.1, 0.15) is 13.2 Å². The summed E-state index contributed by atoms with van der Waals surface area (Å²) in [6.45, 7) is 8.50. The largest absolute Gasteiger partial charge is 0.449 e. The van der Waals surface area contributed by atoms with Gasteiger partial charge in [0.25, 0.3) is 0 Å². The summed E-state index contributed by atoms with van der Waals surface area (Å²) in [5, 5.41) is 0. The number of rotatable bonds is 8. The third kappa shape index (κ3) is 8.29. The van der Waals surface area contributed by atoms with E-state index in [0.29, 0.717) is 11.8 Å². The predicted molar refractivity (Wildman–Crippen MR) is 72.4 cm³/mol. The summed E-state index contributed by atoms with van der Waals surface area (Å²) in [7, 11) is 0. The number of amides is 2. The third-order valence-electron chi connectivity index (χ3n) is 2.72. The van der Waals surface area contributed by atoms with Crippen LogP contribution in [-0.4, -0.2) is 25.4 Å². The maximum atomic E-state index is 10.8. The molecule has 0 bridgehead atoms. The zero-order valence-electron chi connectivity index (χ0n) is 12.3. The predicted octanol–water partition coefficient (Wildman–Crippen LogP) is 2.26. The fraction of sp³-hybridized carbons (Fsp3) is 0.846. The molecule has 2 amide bonds. The number of carbonyl (C=O) groups excluding carboxylic acids is 2. The molecule has 0 aromatic carbocycles. The van der Waals surface area contributed by atoms with Crippen LogP contribution in [0.4, 0.5) is 9.59 Å². The Hall–Kier alpha value is -1.46. The minimum Gasteiger partial charge on any atom is -0.449 e. The monoisotopic (exact) mass is 274 g/mol. The highest BCUT2D eigenvalue weighted by atomic mass is 16.6. The molecule has 0 aromatic rings. The van der Waals surface area contributed by atoms with Gasteiger partial charge in [-0.05, 0) is 24.7 Å². The van der Waals surface area contributed by atoms with E-state index in [1.165, 1.54) is 0 Å². The van der Waals surface area contributed by atoms with Crippen molar-refractivity contribution in [2.45, 2.75) is 40.5 Å². The molecular weight excluding hydrogens is 248 g/mol. The number of hydrogen-bond donors (Lipinski definition) is 2. The first kappa shape index (κ1) is 17.5. The van der Waals surface area contributed by atoms with Gasteiger partial charge >= 0.3 is 12.2 Å². The summed E-state index contributed by atoms with van der Waals surface area (Å²) in [5.41, 5.74) is 9.61. The summed E-state index contributed by atoms with van der Waals surface area (Å²) in [6.07, 6.45) is -0.135. The van der Waals surface area contributed by atoms with Gasteiger partial charge in [0.05, 0.1) is 0 Å². The van der Waals surface area contributed by atoms with Crippen LogP contribution in [0.25, 0.3) is 0 Å². The maximum absolute atomic E-state index is 10.8. The van der Waals surface area contributed by atoms with Crippen LogP contribution >= 0.6 is 0 Å². The highest BCUT2D eigenvalue weighted by Crippen LogP contribution is 2.34. The van der Waals surface area contributed by atoms with Crippen molar-refractivity contribution in [1.82, 2.24) is 0 Å². The Bertz CT molecular complexity index is 273. The first-order valence-corrected chi connectivity index (χ1v) is 6.51. The molecule has 0 aliphatic heterocycles. The molecule has 0 heterocycles. The maximum Gasteiger partial charge on any atom is 0.404 e. The zero-order chi connectivity index (χ0) is 15.1. The molecule has 0 aliphatic carbocycles. The van der Waals surface area contributed by atoms with Crippen molar-refractivity contribution in [2.24, 2.45) is 28.7 Å². The van der Waals surface area contributed by atoms with Crippen LogP contribution in [0.15, 0.2) is 0 Å². The van der Waals surface area contributed by atoms with E-state index in [1.807, 2.05) is 0 Å². The second-order valence-corrected chi connectivity index (χ2v) is 5.91. The second-order valence-electron chi connectivity index (χ2n) is 5.91. The molecule has 6 nitrogen and oxygen atoms in total. The lowest BCUT2D eigenvalue weighted by Crippen LogP contribution is -2.38. The van der Waals surface area contributed by atoms with Crippen molar-refractivity contribution in [3.05, 3.63) is 0 Å². The highest BCUT2D eigenvalue weighted by molar-refractivity contribution is 5.65. The molecule has 0 atom stereocenters. The van der Waals surface area contributed by atoms with Crippen molar-refractivity contribution < 1.29 is 19.1 Å². The van der Waals surface area contributed by atoms with Crippen molar-refractivity contribution in [1.29, 1.82) is 0 Å². The quantitative estimate of drug-likeness (QED) is 0.708. The molecule has 19 heavy (non-hydrogen) atoms. The van der Waals surface area contributed by atoms with Crippen molar-refractivity contribution in [3.63, 3.8) is 0 Å². The SMILES string of the molecule is CC(C)CC(COC(N)=O)(COC(N)=O)CC(C)C. The standard InChI is InChI=1S/C13H26N2O4/c1-9(2)5-13(6-10(3)4,7-18-11(14)16)8-19-12(15)17/h9-10H,5-8H2,1-4H3,(H2,14,16)(H2,15,17). The Balaban J connectivity index is 4.93. The first-order valence-electron chi connectivity index (χ1n) is 6.51. The Labute approximate surface area is 114 Å². The van der Waals surface area contributed by atoms with Crippen LogP contribution in [0.5, 0.6) is 0 Å². The van der Waals surface area contributed by atoms with E-state index in [1.54, 1.807) is 0 Å². The molecule has 0 aliphatic rings. The Morgan fingerprint density at radius 2 is 1.21 bits per heavy atom. The minimum absolute atomic E-state index is 0.131. The Morgan fingerprint density at radius 1 is 0.895 bits per heavy atom. The molecule has 112 valence electrons. The van der Waals surface area contributed by atoms with Crippen molar-refractivity contribution in [2.75, 3.05) is 13.2 Å². The van der Waals surface area contributed by atoms with E-state index in [9.17, 15) is 9.59 Å². The summed E-state index contributed by atoms with van der Waals surface area (Å²) < 4.78 is 9.90. The van der Waals surface area contributed by atoms with Crippen molar-refractivity contribution >= 4 is 12.2 Å². The summed E-state index contributed by atoms with van der Waals surface area (Å²) in [6, 6.07) is 0. The fourth-order valence-corrected chi connectivity index (χ4v) is 2.54. The molecule has 0 aromatic heterocycles. The van der Waals surface area contributed by atoms with E-state index in [2.05, 4.69) is 27.7 Å². The lowest BCUT2D eigenvalue weighted by atomic mass is 9.75. The van der Waals surface area contributed by atoms with Gasteiger partial charge in [-0.2, -0.15) is 0 Å². The van der Waals surface area contributed by atoms with E-state index >= 15 is 0 Å². The summed E-state index contributed by atoms with van der Waals surface area (Å²) >= 11 is 0. The van der Waals surface area contributed by atoms with E-state index in [-0.39, 0.29) is 13.2 Å².